The van der Waals surface area contributed by atoms with Gasteiger partial charge in [0.05, 0.1) is 24.8 Å². The van der Waals surface area contributed by atoms with Crippen molar-refractivity contribution in [3.63, 3.8) is 0 Å². The van der Waals surface area contributed by atoms with Crippen LogP contribution in [0, 0.1) is 0 Å². The molecule has 3 aromatic rings. The predicted octanol–water partition coefficient (Wildman–Crippen LogP) is 5.49. The van der Waals surface area contributed by atoms with Crippen LogP contribution in [0.4, 0.5) is 0 Å². The monoisotopic (exact) mass is 483 g/mol. The highest BCUT2D eigenvalue weighted by Crippen LogP contribution is 2.40. The smallest absolute Gasteiger partial charge is 0.290 e. The summed E-state index contributed by atoms with van der Waals surface area (Å²) in [6.07, 6.45) is 1.97. The Morgan fingerprint density at radius 1 is 1.15 bits per heavy atom. The topological polar surface area (TPSA) is 89.2 Å². The number of carbonyl (C=O) groups excluding carboxylic acids is 2. The standard InChI is InChI=1S/C26H26ClNO6/c1-3-4-12-33-19-8-5-16(6-9-19)23-22(25(30)26(31)28(23)11-13-32-2)24(29)21-15-17-14-18(27)7-10-20(17)34-21/h5-10,14-15,23,30H,3-4,11-13H2,1-2H3. The average molecular weight is 484 g/mol. The van der Waals surface area contributed by atoms with Gasteiger partial charge in [-0.1, -0.05) is 37.1 Å². The fraction of sp³-hybridized carbons (Fsp3) is 0.308. The van der Waals surface area contributed by atoms with E-state index in [2.05, 4.69) is 6.92 Å². The van der Waals surface area contributed by atoms with Crippen LogP contribution >= 0.6 is 11.6 Å². The summed E-state index contributed by atoms with van der Waals surface area (Å²) in [5, 5.41) is 11.9. The summed E-state index contributed by atoms with van der Waals surface area (Å²) in [5.41, 5.74) is 1.11. The minimum absolute atomic E-state index is 0.0183. The summed E-state index contributed by atoms with van der Waals surface area (Å²) in [5.74, 6) is -1.07. The first kappa shape index (κ1) is 23.9. The molecule has 1 unspecified atom stereocenters. The van der Waals surface area contributed by atoms with E-state index in [1.807, 2.05) is 0 Å². The third-order valence-corrected chi connectivity index (χ3v) is 5.98. The number of aliphatic hydroxyl groups is 1. The second kappa shape index (κ2) is 10.3. The molecule has 1 aliphatic rings. The first-order valence-electron chi connectivity index (χ1n) is 11.1. The van der Waals surface area contributed by atoms with Gasteiger partial charge in [-0.3, -0.25) is 9.59 Å². The number of methoxy groups -OCH3 is 1. The number of ether oxygens (including phenoxy) is 2. The molecule has 0 aliphatic carbocycles. The molecule has 1 aliphatic heterocycles. The number of rotatable bonds is 10. The highest BCUT2D eigenvalue weighted by molar-refractivity contribution is 6.31. The number of unbranched alkanes of at least 4 members (excludes halogenated alkanes) is 1. The molecule has 34 heavy (non-hydrogen) atoms. The molecule has 4 rings (SSSR count). The van der Waals surface area contributed by atoms with Gasteiger partial charge in [-0.2, -0.15) is 0 Å². The molecular weight excluding hydrogens is 458 g/mol. The number of benzene rings is 2. The Balaban J connectivity index is 1.70. The number of hydrogen-bond acceptors (Lipinski definition) is 6. The average Bonchev–Trinajstić information content (AvgIpc) is 3.36. The van der Waals surface area contributed by atoms with Crippen LogP contribution < -0.4 is 4.74 Å². The quantitative estimate of drug-likeness (QED) is 0.303. The highest BCUT2D eigenvalue weighted by Gasteiger charge is 2.44. The summed E-state index contributed by atoms with van der Waals surface area (Å²) >= 11 is 6.05. The maximum absolute atomic E-state index is 13.5. The van der Waals surface area contributed by atoms with Gasteiger partial charge in [-0.05, 0) is 48.4 Å². The minimum atomic E-state index is -0.795. The largest absolute Gasteiger partial charge is 0.503 e. The van der Waals surface area contributed by atoms with Crippen molar-refractivity contribution in [3.8, 4) is 5.75 Å². The Morgan fingerprint density at radius 3 is 2.62 bits per heavy atom. The SMILES string of the molecule is CCCCOc1ccc(C2C(C(=O)c3cc4cc(Cl)ccc4o3)=C(O)C(=O)N2CCOC)cc1. The van der Waals surface area contributed by atoms with Gasteiger partial charge >= 0.3 is 0 Å². The predicted molar refractivity (Wildman–Crippen MR) is 128 cm³/mol. The van der Waals surface area contributed by atoms with Crippen molar-refractivity contribution in [2.24, 2.45) is 0 Å². The summed E-state index contributed by atoms with van der Waals surface area (Å²) in [4.78, 5) is 27.9. The fourth-order valence-electron chi connectivity index (χ4n) is 3.99. The zero-order valence-electron chi connectivity index (χ0n) is 19.0. The van der Waals surface area contributed by atoms with Gasteiger partial charge in [0.1, 0.15) is 11.3 Å². The normalized spacial score (nSPS) is 16.0. The first-order chi connectivity index (χ1) is 16.4. The Bertz CT molecular complexity index is 1230. The van der Waals surface area contributed by atoms with Crippen LogP contribution in [0.3, 0.4) is 0 Å². The Kier molecular flexibility index (Phi) is 7.24. The van der Waals surface area contributed by atoms with Crippen LogP contribution in [0.15, 0.2) is 64.3 Å². The van der Waals surface area contributed by atoms with Crippen LogP contribution in [0.5, 0.6) is 5.75 Å². The molecule has 1 amide bonds. The van der Waals surface area contributed by atoms with Crippen LogP contribution in [0.2, 0.25) is 5.02 Å². The maximum atomic E-state index is 13.5. The molecule has 1 atom stereocenters. The number of furan rings is 1. The van der Waals surface area contributed by atoms with E-state index in [0.717, 1.165) is 12.8 Å². The zero-order chi connectivity index (χ0) is 24.2. The molecule has 0 saturated heterocycles. The van der Waals surface area contributed by atoms with Gasteiger partial charge in [0.15, 0.2) is 11.5 Å². The van der Waals surface area contributed by atoms with Crippen LogP contribution in [0.25, 0.3) is 11.0 Å². The zero-order valence-corrected chi connectivity index (χ0v) is 19.8. The first-order valence-corrected chi connectivity index (χ1v) is 11.5. The van der Waals surface area contributed by atoms with E-state index in [9.17, 15) is 14.7 Å². The van der Waals surface area contributed by atoms with E-state index in [0.29, 0.717) is 33.9 Å². The van der Waals surface area contributed by atoms with Crippen molar-refractivity contribution >= 4 is 34.3 Å². The van der Waals surface area contributed by atoms with E-state index in [1.54, 1.807) is 48.5 Å². The molecule has 0 spiro atoms. The molecule has 0 fully saturated rings. The number of fused-ring (bicyclic) bond motifs is 1. The number of amides is 1. The summed E-state index contributed by atoms with van der Waals surface area (Å²) in [6.45, 7) is 3.15. The van der Waals surface area contributed by atoms with E-state index in [4.69, 9.17) is 25.5 Å². The van der Waals surface area contributed by atoms with E-state index < -0.39 is 23.5 Å². The van der Waals surface area contributed by atoms with Crippen molar-refractivity contribution in [2.45, 2.75) is 25.8 Å². The van der Waals surface area contributed by atoms with Gasteiger partial charge < -0.3 is 23.9 Å². The van der Waals surface area contributed by atoms with Crippen LogP contribution in [-0.4, -0.2) is 48.6 Å². The van der Waals surface area contributed by atoms with Crippen molar-refractivity contribution in [3.05, 3.63) is 76.2 Å². The van der Waals surface area contributed by atoms with Gasteiger partial charge in [0.25, 0.3) is 5.91 Å². The molecular formula is C26H26ClNO6. The lowest BCUT2D eigenvalue weighted by Gasteiger charge is -2.26. The molecule has 1 N–H and O–H groups in total. The van der Waals surface area contributed by atoms with Crippen molar-refractivity contribution in [1.29, 1.82) is 0 Å². The molecule has 1 aromatic heterocycles. The summed E-state index contributed by atoms with van der Waals surface area (Å²) < 4.78 is 16.6. The molecule has 0 radical (unpaired) electrons. The van der Waals surface area contributed by atoms with Gasteiger partial charge in [0, 0.05) is 24.1 Å². The second-order valence-electron chi connectivity index (χ2n) is 8.05. The number of nitrogens with zero attached hydrogens (tertiary/aromatic N) is 1. The van der Waals surface area contributed by atoms with Crippen molar-refractivity contribution in [2.75, 3.05) is 26.9 Å². The van der Waals surface area contributed by atoms with Crippen molar-refractivity contribution < 1.29 is 28.6 Å². The number of ketones is 1. The molecule has 2 heterocycles. The highest BCUT2D eigenvalue weighted by atomic mass is 35.5. The lowest BCUT2D eigenvalue weighted by Crippen LogP contribution is -2.34. The number of halogens is 1. The minimum Gasteiger partial charge on any atom is -0.503 e. The fourth-order valence-corrected chi connectivity index (χ4v) is 4.17. The lowest BCUT2D eigenvalue weighted by atomic mass is 9.95. The van der Waals surface area contributed by atoms with Gasteiger partial charge in [-0.15, -0.1) is 0 Å². The molecule has 0 saturated carbocycles. The summed E-state index contributed by atoms with van der Waals surface area (Å²) in [7, 11) is 1.52. The van der Waals surface area contributed by atoms with Crippen molar-refractivity contribution in [1.82, 2.24) is 4.90 Å². The van der Waals surface area contributed by atoms with E-state index in [1.165, 1.54) is 12.0 Å². The number of hydrogen-bond donors (Lipinski definition) is 1. The van der Waals surface area contributed by atoms with E-state index >= 15 is 0 Å². The molecule has 7 nitrogen and oxygen atoms in total. The maximum Gasteiger partial charge on any atom is 0.290 e. The van der Waals surface area contributed by atoms with Gasteiger partial charge in [0.2, 0.25) is 5.78 Å². The molecule has 8 heteroatoms. The second-order valence-corrected chi connectivity index (χ2v) is 8.49. The number of Topliss-reactive ketones (excluding diaryl/α,β-unsaturated/α-hetero) is 1. The lowest BCUT2D eigenvalue weighted by molar-refractivity contribution is -0.130. The molecule has 0 bridgehead atoms. The number of carbonyl (C=O) groups is 2. The Morgan fingerprint density at radius 2 is 1.91 bits per heavy atom. The Hall–Kier alpha value is -3.29. The third-order valence-electron chi connectivity index (χ3n) is 5.75. The summed E-state index contributed by atoms with van der Waals surface area (Å²) in [6, 6.07) is 13.0. The van der Waals surface area contributed by atoms with E-state index in [-0.39, 0.29) is 24.5 Å². The van der Waals surface area contributed by atoms with Gasteiger partial charge in [-0.25, -0.2) is 0 Å². The van der Waals surface area contributed by atoms with Crippen LogP contribution in [0.1, 0.15) is 41.9 Å². The molecule has 2 aromatic carbocycles. The third kappa shape index (κ3) is 4.67. The Labute approximate surface area is 202 Å². The number of aliphatic hydroxyl groups excluding tert-OH is 1. The molecule has 178 valence electrons. The van der Waals surface area contributed by atoms with Crippen LogP contribution in [-0.2, 0) is 9.53 Å².